The van der Waals surface area contributed by atoms with Crippen molar-refractivity contribution in [3.8, 4) is 11.3 Å². The van der Waals surface area contributed by atoms with E-state index in [2.05, 4.69) is 9.72 Å². The van der Waals surface area contributed by atoms with Crippen LogP contribution in [0, 0.1) is 0 Å². The third-order valence-corrected chi connectivity index (χ3v) is 4.32. The molecule has 2 rings (SSSR count). The van der Waals surface area contributed by atoms with Gasteiger partial charge < -0.3 is 14.1 Å². The summed E-state index contributed by atoms with van der Waals surface area (Å²) in [4.78, 5) is 29.5. The maximum atomic E-state index is 12.4. The van der Waals surface area contributed by atoms with Gasteiger partial charge in [-0.1, -0.05) is 23.2 Å². The predicted molar refractivity (Wildman–Crippen MR) is 99.1 cm³/mol. The van der Waals surface area contributed by atoms with Gasteiger partial charge in [0.1, 0.15) is 6.54 Å². The van der Waals surface area contributed by atoms with Gasteiger partial charge in [-0.15, -0.1) is 0 Å². The largest absolute Gasteiger partial charge is 0.468 e. The molecule has 0 aliphatic rings. The summed E-state index contributed by atoms with van der Waals surface area (Å²) >= 11 is 12.1. The normalized spacial score (nSPS) is 10.8. The van der Waals surface area contributed by atoms with E-state index >= 15 is 0 Å². The Bertz CT molecular complexity index is 789. The summed E-state index contributed by atoms with van der Waals surface area (Å²) in [5.74, 6) is 0.294. The van der Waals surface area contributed by atoms with Gasteiger partial charge in [0.05, 0.1) is 18.3 Å². The highest BCUT2D eigenvalue weighted by molar-refractivity contribution is 6.36. The van der Waals surface area contributed by atoms with Crippen molar-refractivity contribution in [3.63, 3.8) is 0 Å². The zero-order valence-electron chi connectivity index (χ0n) is 14.8. The molecule has 0 spiro atoms. The van der Waals surface area contributed by atoms with E-state index in [0.717, 1.165) is 0 Å². The van der Waals surface area contributed by atoms with E-state index in [4.69, 9.17) is 27.6 Å². The number of hydrogen-bond acceptors (Lipinski definition) is 5. The number of aromatic nitrogens is 1. The van der Waals surface area contributed by atoms with E-state index in [9.17, 15) is 9.59 Å². The first-order chi connectivity index (χ1) is 12.3. The monoisotopic (exact) mass is 398 g/mol. The summed E-state index contributed by atoms with van der Waals surface area (Å²) in [6.07, 6.45) is 2.04. The number of oxazole rings is 1. The van der Waals surface area contributed by atoms with Gasteiger partial charge in [0.15, 0.2) is 11.7 Å². The molecular weight excluding hydrogens is 379 g/mol. The van der Waals surface area contributed by atoms with Crippen LogP contribution in [-0.4, -0.2) is 41.5 Å². The topological polar surface area (TPSA) is 72.6 Å². The summed E-state index contributed by atoms with van der Waals surface area (Å²) in [6.45, 7) is 3.60. The van der Waals surface area contributed by atoms with Crippen molar-refractivity contribution < 1.29 is 18.7 Å². The second kappa shape index (κ2) is 9.05. The van der Waals surface area contributed by atoms with E-state index in [1.807, 2.05) is 13.8 Å². The second-order valence-corrected chi connectivity index (χ2v) is 6.78. The van der Waals surface area contributed by atoms with Crippen LogP contribution in [0.4, 0.5) is 0 Å². The maximum absolute atomic E-state index is 12.4. The van der Waals surface area contributed by atoms with Crippen molar-refractivity contribution in [2.45, 2.75) is 32.7 Å². The summed E-state index contributed by atoms with van der Waals surface area (Å²) in [7, 11) is 1.29. The lowest BCUT2D eigenvalue weighted by Gasteiger charge is -2.25. The molecule has 0 aliphatic heterocycles. The van der Waals surface area contributed by atoms with Gasteiger partial charge >= 0.3 is 5.97 Å². The minimum atomic E-state index is -0.456. The number of methoxy groups -OCH3 is 1. The first kappa shape index (κ1) is 20.3. The number of carbonyl (C=O) groups excluding carboxylic acids is 2. The summed E-state index contributed by atoms with van der Waals surface area (Å²) < 4.78 is 10.3. The molecule has 0 saturated heterocycles. The van der Waals surface area contributed by atoms with Crippen LogP contribution >= 0.6 is 23.2 Å². The van der Waals surface area contributed by atoms with Crippen molar-refractivity contribution in [3.05, 3.63) is 40.3 Å². The van der Waals surface area contributed by atoms with Crippen molar-refractivity contribution in [1.29, 1.82) is 0 Å². The Labute approximate surface area is 162 Å². The van der Waals surface area contributed by atoms with Crippen LogP contribution < -0.4 is 0 Å². The van der Waals surface area contributed by atoms with Crippen LogP contribution in [0.3, 0.4) is 0 Å². The Hall–Kier alpha value is -2.05. The molecule has 0 N–H and O–H groups in total. The fraction of sp³-hybridized carbons (Fsp3) is 0.389. The van der Waals surface area contributed by atoms with E-state index in [1.165, 1.54) is 12.0 Å². The Morgan fingerprint density at radius 1 is 1.31 bits per heavy atom. The fourth-order valence-electron chi connectivity index (χ4n) is 2.36. The number of hydrogen-bond donors (Lipinski definition) is 0. The number of rotatable bonds is 7. The van der Waals surface area contributed by atoms with Gasteiger partial charge in [-0.2, -0.15) is 0 Å². The summed E-state index contributed by atoms with van der Waals surface area (Å²) in [5, 5.41) is 0.990. The van der Waals surface area contributed by atoms with E-state index in [-0.39, 0.29) is 24.9 Å². The number of benzene rings is 1. The Morgan fingerprint density at radius 2 is 2.04 bits per heavy atom. The van der Waals surface area contributed by atoms with Gasteiger partial charge in [-0.05, 0) is 32.0 Å². The van der Waals surface area contributed by atoms with Crippen LogP contribution in [0.2, 0.25) is 10.0 Å². The fourth-order valence-corrected chi connectivity index (χ4v) is 2.86. The molecule has 1 heterocycles. The Morgan fingerprint density at radius 3 is 2.65 bits per heavy atom. The molecule has 0 aliphatic carbocycles. The van der Waals surface area contributed by atoms with E-state index < -0.39 is 5.97 Å². The zero-order chi connectivity index (χ0) is 19.3. The van der Waals surface area contributed by atoms with E-state index in [0.29, 0.717) is 33.7 Å². The number of halogens is 2. The lowest BCUT2D eigenvalue weighted by atomic mass is 10.2. The SMILES string of the molecule is COC(=O)CN(C(=O)CCc1ncc(-c2ccc(Cl)cc2Cl)o1)C(C)C. The molecule has 0 atom stereocenters. The number of carbonyl (C=O) groups is 2. The molecule has 26 heavy (non-hydrogen) atoms. The average Bonchev–Trinajstić information content (AvgIpc) is 3.05. The van der Waals surface area contributed by atoms with Crippen molar-refractivity contribution in [2.75, 3.05) is 13.7 Å². The van der Waals surface area contributed by atoms with Gasteiger partial charge in [-0.3, -0.25) is 9.59 Å². The maximum Gasteiger partial charge on any atom is 0.325 e. The number of ether oxygens (including phenoxy) is 1. The molecule has 140 valence electrons. The standard InChI is InChI=1S/C18H20Cl2N2O4/c1-11(2)22(10-18(24)25-3)17(23)7-6-16-21-9-15(26-16)13-5-4-12(19)8-14(13)20/h4-5,8-9,11H,6-7,10H2,1-3H3. The number of aryl methyl sites for hydroxylation is 1. The van der Waals surface area contributed by atoms with Crippen LogP contribution in [0.25, 0.3) is 11.3 Å². The molecule has 2 aromatic rings. The minimum Gasteiger partial charge on any atom is -0.468 e. The minimum absolute atomic E-state index is 0.0792. The predicted octanol–water partition coefficient (Wildman–Crippen LogP) is 3.99. The number of amides is 1. The molecule has 8 heteroatoms. The average molecular weight is 399 g/mol. The molecule has 0 saturated carbocycles. The third kappa shape index (κ3) is 5.22. The second-order valence-electron chi connectivity index (χ2n) is 5.93. The quantitative estimate of drug-likeness (QED) is 0.659. The molecule has 0 radical (unpaired) electrons. The number of nitrogens with zero attached hydrogens (tertiary/aromatic N) is 2. The van der Waals surface area contributed by atoms with Crippen LogP contribution in [0.5, 0.6) is 0 Å². The zero-order valence-corrected chi connectivity index (χ0v) is 16.3. The Kier molecular flexibility index (Phi) is 7.06. The lowest BCUT2D eigenvalue weighted by Crippen LogP contribution is -2.41. The van der Waals surface area contributed by atoms with Gasteiger partial charge in [-0.25, -0.2) is 4.98 Å². The molecule has 0 unspecified atom stereocenters. The first-order valence-electron chi connectivity index (χ1n) is 8.08. The van der Waals surface area contributed by atoms with Crippen LogP contribution in [-0.2, 0) is 20.7 Å². The molecule has 0 fully saturated rings. The molecule has 0 bridgehead atoms. The highest BCUT2D eigenvalue weighted by atomic mass is 35.5. The molecular formula is C18H20Cl2N2O4. The summed E-state index contributed by atoms with van der Waals surface area (Å²) in [5.41, 5.74) is 0.677. The van der Waals surface area contributed by atoms with Crippen LogP contribution in [0.1, 0.15) is 26.2 Å². The van der Waals surface area contributed by atoms with Gasteiger partial charge in [0.2, 0.25) is 5.91 Å². The Balaban J connectivity index is 2.02. The smallest absolute Gasteiger partial charge is 0.325 e. The lowest BCUT2D eigenvalue weighted by molar-refractivity contribution is -0.148. The molecule has 1 aromatic heterocycles. The molecule has 1 aromatic carbocycles. The highest BCUT2D eigenvalue weighted by Crippen LogP contribution is 2.30. The van der Waals surface area contributed by atoms with Gasteiger partial charge in [0.25, 0.3) is 0 Å². The third-order valence-electron chi connectivity index (χ3n) is 3.77. The molecule has 1 amide bonds. The van der Waals surface area contributed by atoms with Crippen molar-refractivity contribution in [2.24, 2.45) is 0 Å². The highest BCUT2D eigenvalue weighted by Gasteiger charge is 2.21. The van der Waals surface area contributed by atoms with Crippen molar-refractivity contribution >= 4 is 35.1 Å². The van der Waals surface area contributed by atoms with E-state index in [1.54, 1.807) is 24.4 Å². The summed E-state index contributed by atoms with van der Waals surface area (Å²) in [6, 6.07) is 4.96. The number of esters is 1. The van der Waals surface area contributed by atoms with Crippen LogP contribution in [0.15, 0.2) is 28.8 Å². The molecule has 6 nitrogen and oxygen atoms in total. The van der Waals surface area contributed by atoms with Crippen molar-refractivity contribution in [1.82, 2.24) is 9.88 Å². The van der Waals surface area contributed by atoms with Gasteiger partial charge in [0, 0.05) is 29.5 Å². The first-order valence-corrected chi connectivity index (χ1v) is 8.83.